The molecular formula is C11H9BrFN3. The van der Waals surface area contributed by atoms with Gasteiger partial charge in [0.2, 0.25) is 0 Å². The number of anilines is 1. The van der Waals surface area contributed by atoms with Gasteiger partial charge in [0.05, 0.1) is 24.1 Å². The Morgan fingerprint density at radius 1 is 1.31 bits per heavy atom. The Morgan fingerprint density at radius 3 is 2.94 bits per heavy atom. The number of rotatable bonds is 3. The third-order valence-corrected chi connectivity index (χ3v) is 2.70. The van der Waals surface area contributed by atoms with Crippen molar-refractivity contribution < 1.29 is 4.39 Å². The monoisotopic (exact) mass is 281 g/mol. The van der Waals surface area contributed by atoms with Crippen molar-refractivity contribution >= 4 is 21.6 Å². The van der Waals surface area contributed by atoms with Gasteiger partial charge in [-0.3, -0.25) is 9.97 Å². The molecule has 1 heterocycles. The molecule has 0 saturated carbocycles. The molecule has 0 spiro atoms. The van der Waals surface area contributed by atoms with Crippen LogP contribution in [-0.4, -0.2) is 9.97 Å². The molecule has 0 saturated heterocycles. The molecule has 0 atom stereocenters. The molecule has 0 radical (unpaired) electrons. The van der Waals surface area contributed by atoms with Crippen LogP contribution >= 0.6 is 15.9 Å². The van der Waals surface area contributed by atoms with Crippen LogP contribution in [0, 0.1) is 5.82 Å². The fourth-order valence-electron chi connectivity index (χ4n) is 1.24. The lowest BCUT2D eigenvalue weighted by atomic mass is 10.3. The second kappa shape index (κ2) is 5.03. The van der Waals surface area contributed by atoms with Crippen molar-refractivity contribution in [3.05, 3.63) is 52.8 Å². The minimum Gasteiger partial charge on any atom is -0.378 e. The Morgan fingerprint density at radius 2 is 2.19 bits per heavy atom. The van der Waals surface area contributed by atoms with E-state index in [1.54, 1.807) is 24.7 Å². The molecule has 3 nitrogen and oxygen atoms in total. The highest BCUT2D eigenvalue weighted by molar-refractivity contribution is 9.10. The van der Waals surface area contributed by atoms with Crippen LogP contribution in [0.3, 0.4) is 0 Å². The van der Waals surface area contributed by atoms with Gasteiger partial charge in [-0.15, -0.1) is 0 Å². The summed E-state index contributed by atoms with van der Waals surface area (Å²) in [6, 6.07) is 4.49. The number of halogens is 2. The predicted molar refractivity (Wildman–Crippen MR) is 63.5 cm³/mol. The maximum absolute atomic E-state index is 13.0. The van der Waals surface area contributed by atoms with E-state index in [4.69, 9.17) is 0 Å². The molecule has 1 N–H and O–H groups in total. The van der Waals surface area contributed by atoms with Crippen molar-refractivity contribution in [3.8, 4) is 0 Å². The lowest BCUT2D eigenvalue weighted by Gasteiger charge is -2.07. The average molecular weight is 282 g/mol. The lowest BCUT2D eigenvalue weighted by Crippen LogP contribution is -2.02. The fourth-order valence-corrected chi connectivity index (χ4v) is 1.63. The van der Waals surface area contributed by atoms with Gasteiger partial charge < -0.3 is 5.32 Å². The maximum Gasteiger partial charge on any atom is 0.125 e. The highest BCUT2D eigenvalue weighted by atomic mass is 79.9. The van der Waals surface area contributed by atoms with E-state index < -0.39 is 0 Å². The van der Waals surface area contributed by atoms with Crippen molar-refractivity contribution in [1.29, 1.82) is 0 Å². The first-order valence-electron chi connectivity index (χ1n) is 4.69. The summed E-state index contributed by atoms with van der Waals surface area (Å²) in [5.41, 5.74) is 1.50. The molecule has 2 rings (SSSR count). The zero-order valence-electron chi connectivity index (χ0n) is 8.32. The Hall–Kier alpha value is -1.49. The van der Waals surface area contributed by atoms with E-state index in [-0.39, 0.29) is 5.82 Å². The molecule has 0 amide bonds. The average Bonchev–Trinajstić information content (AvgIpc) is 2.32. The summed E-state index contributed by atoms with van der Waals surface area (Å²) in [5.74, 6) is -0.273. The molecule has 0 aliphatic heterocycles. The van der Waals surface area contributed by atoms with Crippen LogP contribution in [0.4, 0.5) is 10.1 Å². The van der Waals surface area contributed by atoms with Gasteiger partial charge in [-0.1, -0.05) is 0 Å². The quantitative estimate of drug-likeness (QED) is 0.940. The molecule has 0 fully saturated rings. The van der Waals surface area contributed by atoms with Crippen LogP contribution < -0.4 is 5.32 Å². The predicted octanol–water partition coefficient (Wildman–Crippen LogP) is 2.99. The molecule has 1 aromatic heterocycles. The molecular weight excluding hydrogens is 273 g/mol. The van der Waals surface area contributed by atoms with Crippen molar-refractivity contribution in [2.24, 2.45) is 0 Å². The summed E-state index contributed by atoms with van der Waals surface area (Å²) in [6.07, 6.45) is 4.90. The third kappa shape index (κ3) is 2.76. The molecule has 5 heteroatoms. The van der Waals surface area contributed by atoms with E-state index >= 15 is 0 Å². The van der Waals surface area contributed by atoms with Gasteiger partial charge in [0, 0.05) is 16.9 Å². The summed E-state index contributed by atoms with van der Waals surface area (Å²) >= 11 is 3.34. The smallest absolute Gasteiger partial charge is 0.125 e. The number of hydrogen-bond acceptors (Lipinski definition) is 3. The second-order valence-corrected chi connectivity index (χ2v) is 4.03. The highest BCUT2D eigenvalue weighted by Gasteiger charge is 2.01. The van der Waals surface area contributed by atoms with Gasteiger partial charge >= 0.3 is 0 Å². The van der Waals surface area contributed by atoms with Crippen molar-refractivity contribution in [1.82, 2.24) is 9.97 Å². The minimum absolute atomic E-state index is 0.273. The number of nitrogens with one attached hydrogen (secondary N) is 1. The highest BCUT2D eigenvalue weighted by Crippen LogP contribution is 2.23. The third-order valence-electron chi connectivity index (χ3n) is 2.01. The van der Waals surface area contributed by atoms with E-state index in [0.29, 0.717) is 12.2 Å². The normalized spacial score (nSPS) is 10.1. The summed E-state index contributed by atoms with van der Waals surface area (Å²) in [6.45, 7) is 0.510. The Bertz CT molecular complexity index is 476. The first kappa shape index (κ1) is 11.0. The number of hydrogen-bond donors (Lipinski definition) is 1. The van der Waals surface area contributed by atoms with Gasteiger partial charge in [-0.2, -0.15) is 0 Å². The zero-order valence-corrected chi connectivity index (χ0v) is 9.91. The summed E-state index contributed by atoms with van der Waals surface area (Å²) in [4.78, 5) is 8.06. The van der Waals surface area contributed by atoms with Crippen LogP contribution in [0.15, 0.2) is 41.3 Å². The van der Waals surface area contributed by atoms with Crippen molar-refractivity contribution in [2.75, 3.05) is 5.32 Å². The van der Waals surface area contributed by atoms with Crippen molar-refractivity contribution in [3.63, 3.8) is 0 Å². The Kier molecular flexibility index (Phi) is 3.46. The summed E-state index contributed by atoms with van der Waals surface area (Å²) < 4.78 is 13.8. The maximum atomic E-state index is 13.0. The number of nitrogens with zero attached hydrogens (tertiary/aromatic N) is 2. The first-order chi connectivity index (χ1) is 7.75. The van der Waals surface area contributed by atoms with Crippen LogP contribution in [0.25, 0.3) is 0 Å². The molecule has 82 valence electrons. The number of aromatic nitrogens is 2. The SMILES string of the molecule is Fc1ccc(Br)c(NCc2cnccn2)c1. The molecule has 0 bridgehead atoms. The van der Waals surface area contributed by atoms with Crippen LogP contribution in [0.5, 0.6) is 0 Å². The summed E-state index contributed by atoms with van der Waals surface area (Å²) in [7, 11) is 0. The van der Waals surface area contributed by atoms with E-state index in [0.717, 1.165) is 10.2 Å². The minimum atomic E-state index is -0.273. The number of benzene rings is 1. The second-order valence-electron chi connectivity index (χ2n) is 3.17. The molecule has 0 aliphatic rings. The van der Waals surface area contributed by atoms with Gasteiger partial charge in [-0.25, -0.2) is 4.39 Å². The topological polar surface area (TPSA) is 37.8 Å². The largest absolute Gasteiger partial charge is 0.378 e. The van der Waals surface area contributed by atoms with Gasteiger partial charge in [0.25, 0.3) is 0 Å². The van der Waals surface area contributed by atoms with Crippen LogP contribution in [-0.2, 0) is 6.54 Å². The van der Waals surface area contributed by atoms with Crippen LogP contribution in [0.1, 0.15) is 5.69 Å². The summed E-state index contributed by atoms with van der Waals surface area (Å²) in [5, 5.41) is 3.08. The van der Waals surface area contributed by atoms with Gasteiger partial charge in [0.1, 0.15) is 5.82 Å². The van der Waals surface area contributed by atoms with E-state index in [9.17, 15) is 4.39 Å². The molecule has 0 aliphatic carbocycles. The van der Waals surface area contributed by atoms with E-state index in [2.05, 4.69) is 31.2 Å². The Balaban J connectivity index is 2.08. The van der Waals surface area contributed by atoms with Gasteiger partial charge in [-0.05, 0) is 34.1 Å². The van der Waals surface area contributed by atoms with Crippen LogP contribution in [0.2, 0.25) is 0 Å². The lowest BCUT2D eigenvalue weighted by molar-refractivity contribution is 0.628. The molecule has 2 aromatic rings. The molecule has 16 heavy (non-hydrogen) atoms. The molecule has 0 unspecified atom stereocenters. The molecule has 1 aromatic carbocycles. The standard InChI is InChI=1S/C11H9BrFN3/c12-10-2-1-8(13)5-11(10)16-7-9-6-14-3-4-15-9/h1-6,16H,7H2. The van der Waals surface area contributed by atoms with E-state index in [1.807, 2.05) is 0 Å². The van der Waals surface area contributed by atoms with Gasteiger partial charge in [0.15, 0.2) is 0 Å². The van der Waals surface area contributed by atoms with E-state index in [1.165, 1.54) is 12.1 Å². The zero-order chi connectivity index (χ0) is 11.4. The van der Waals surface area contributed by atoms with Crippen molar-refractivity contribution in [2.45, 2.75) is 6.54 Å². The Labute approximate surface area is 101 Å². The fraction of sp³-hybridized carbons (Fsp3) is 0.0909. The first-order valence-corrected chi connectivity index (χ1v) is 5.49.